The number of H-pyrrole nitrogens is 1. The molecule has 2 aromatic heterocycles. The molecule has 0 amide bonds. The average Bonchev–Trinajstić information content (AvgIpc) is 2.91. The van der Waals surface area contributed by atoms with Gasteiger partial charge in [0.25, 0.3) is 5.56 Å². The van der Waals surface area contributed by atoms with Gasteiger partial charge < -0.3 is 20.5 Å². The Bertz CT molecular complexity index is 734. The average molecular weight is 277 g/mol. The SMILES string of the molecule is C=C1[C@H](n2cnc3c(=O)[nH]c(N)nc32)CC(O)[C@H]1CO. The molecule has 0 bridgehead atoms. The van der Waals surface area contributed by atoms with Crippen LogP contribution in [0.15, 0.2) is 23.3 Å². The molecular weight excluding hydrogens is 262 g/mol. The number of aromatic amines is 1. The van der Waals surface area contributed by atoms with Gasteiger partial charge in [0.15, 0.2) is 11.2 Å². The van der Waals surface area contributed by atoms with Gasteiger partial charge in [0.2, 0.25) is 5.95 Å². The van der Waals surface area contributed by atoms with Crippen molar-refractivity contribution in [2.45, 2.75) is 18.6 Å². The molecule has 0 aromatic carbocycles. The van der Waals surface area contributed by atoms with Crippen molar-refractivity contribution in [1.82, 2.24) is 19.5 Å². The molecule has 3 rings (SSSR count). The van der Waals surface area contributed by atoms with Crippen molar-refractivity contribution in [3.8, 4) is 0 Å². The summed E-state index contributed by atoms with van der Waals surface area (Å²) in [5.74, 6) is -0.371. The van der Waals surface area contributed by atoms with Gasteiger partial charge in [0, 0.05) is 5.92 Å². The zero-order valence-electron chi connectivity index (χ0n) is 10.7. The van der Waals surface area contributed by atoms with Gasteiger partial charge in [-0.25, -0.2) is 4.98 Å². The largest absolute Gasteiger partial charge is 0.396 e. The highest BCUT2D eigenvalue weighted by Crippen LogP contribution is 2.39. The van der Waals surface area contributed by atoms with E-state index in [4.69, 9.17) is 5.73 Å². The number of nitrogens with zero attached hydrogens (tertiary/aromatic N) is 3. The lowest BCUT2D eigenvalue weighted by molar-refractivity contribution is 0.101. The van der Waals surface area contributed by atoms with Crippen LogP contribution in [-0.4, -0.2) is 42.4 Å². The molecule has 20 heavy (non-hydrogen) atoms. The van der Waals surface area contributed by atoms with Crippen LogP contribution in [0.1, 0.15) is 12.5 Å². The van der Waals surface area contributed by atoms with Crippen molar-refractivity contribution in [2.24, 2.45) is 5.92 Å². The molecule has 3 atom stereocenters. The zero-order valence-corrected chi connectivity index (χ0v) is 10.7. The summed E-state index contributed by atoms with van der Waals surface area (Å²) >= 11 is 0. The van der Waals surface area contributed by atoms with Crippen molar-refractivity contribution >= 4 is 17.1 Å². The normalized spacial score (nSPS) is 26.5. The Morgan fingerprint density at radius 2 is 2.35 bits per heavy atom. The summed E-state index contributed by atoms with van der Waals surface area (Å²) in [7, 11) is 0. The van der Waals surface area contributed by atoms with E-state index >= 15 is 0 Å². The Labute approximate surface area is 113 Å². The van der Waals surface area contributed by atoms with Gasteiger partial charge in [-0.2, -0.15) is 4.98 Å². The predicted molar refractivity (Wildman–Crippen MR) is 71.9 cm³/mol. The van der Waals surface area contributed by atoms with Crippen molar-refractivity contribution in [3.63, 3.8) is 0 Å². The summed E-state index contributed by atoms with van der Waals surface area (Å²) < 4.78 is 1.67. The van der Waals surface area contributed by atoms with E-state index in [9.17, 15) is 15.0 Å². The number of nitrogens with one attached hydrogen (secondary N) is 1. The lowest BCUT2D eigenvalue weighted by Gasteiger charge is -2.15. The topological polar surface area (TPSA) is 130 Å². The molecule has 8 nitrogen and oxygen atoms in total. The number of aliphatic hydroxyl groups excluding tert-OH is 2. The monoisotopic (exact) mass is 277 g/mol. The molecular formula is C12H15N5O3. The summed E-state index contributed by atoms with van der Waals surface area (Å²) in [5, 5.41) is 19.2. The number of imidazole rings is 1. The number of hydrogen-bond donors (Lipinski definition) is 4. The van der Waals surface area contributed by atoms with Crippen LogP contribution in [0.4, 0.5) is 5.95 Å². The molecule has 0 radical (unpaired) electrons. The number of fused-ring (bicyclic) bond motifs is 1. The van der Waals surface area contributed by atoms with Crippen LogP contribution in [-0.2, 0) is 0 Å². The van der Waals surface area contributed by atoms with Gasteiger partial charge in [-0.1, -0.05) is 6.58 Å². The third-order valence-electron chi connectivity index (χ3n) is 3.82. The maximum atomic E-state index is 11.7. The third-order valence-corrected chi connectivity index (χ3v) is 3.82. The molecule has 1 aliphatic rings. The Balaban J connectivity index is 2.12. The first-order valence-electron chi connectivity index (χ1n) is 6.23. The van der Waals surface area contributed by atoms with Gasteiger partial charge in [-0.15, -0.1) is 0 Å². The summed E-state index contributed by atoms with van der Waals surface area (Å²) in [4.78, 5) is 22.2. The first-order chi connectivity index (χ1) is 9.52. The lowest BCUT2D eigenvalue weighted by atomic mass is 10.0. The maximum absolute atomic E-state index is 11.7. The standard InChI is InChI=1S/C12H15N5O3/c1-5-6(3-18)8(19)2-7(5)17-4-14-9-10(17)15-12(13)16-11(9)20/h4,6-8,18-19H,1-3H2,(H3,13,15,16,20)/t6-,7+,8?/m0/s1. The molecule has 1 saturated carbocycles. The maximum Gasteiger partial charge on any atom is 0.280 e. The fraction of sp³-hybridized carbons (Fsp3) is 0.417. The minimum Gasteiger partial charge on any atom is -0.396 e. The molecule has 1 fully saturated rings. The van der Waals surface area contributed by atoms with Crippen LogP contribution in [0.25, 0.3) is 11.2 Å². The van der Waals surface area contributed by atoms with Crippen LogP contribution in [0.5, 0.6) is 0 Å². The van der Waals surface area contributed by atoms with Crippen molar-refractivity contribution in [3.05, 3.63) is 28.8 Å². The molecule has 1 unspecified atom stereocenters. The van der Waals surface area contributed by atoms with E-state index in [0.29, 0.717) is 17.6 Å². The smallest absolute Gasteiger partial charge is 0.280 e. The van der Waals surface area contributed by atoms with E-state index in [1.54, 1.807) is 4.57 Å². The summed E-state index contributed by atoms with van der Waals surface area (Å²) in [6, 6.07) is -0.263. The van der Waals surface area contributed by atoms with Crippen LogP contribution in [0.2, 0.25) is 0 Å². The molecule has 8 heteroatoms. The number of aromatic nitrogens is 4. The molecule has 106 valence electrons. The lowest BCUT2D eigenvalue weighted by Crippen LogP contribution is -2.17. The Kier molecular flexibility index (Phi) is 2.84. The predicted octanol–water partition coefficient (Wildman–Crippen LogP) is -0.828. The zero-order chi connectivity index (χ0) is 14.4. The first kappa shape index (κ1) is 12.8. The first-order valence-corrected chi connectivity index (χ1v) is 6.23. The Morgan fingerprint density at radius 1 is 1.60 bits per heavy atom. The molecule has 0 saturated heterocycles. The second-order valence-electron chi connectivity index (χ2n) is 4.96. The second-order valence-corrected chi connectivity index (χ2v) is 4.96. The van der Waals surface area contributed by atoms with E-state index in [0.717, 1.165) is 0 Å². The highest BCUT2D eigenvalue weighted by Gasteiger charge is 2.37. The molecule has 0 aliphatic heterocycles. The fourth-order valence-corrected chi connectivity index (χ4v) is 2.74. The second kappa shape index (κ2) is 4.43. The Morgan fingerprint density at radius 3 is 3.00 bits per heavy atom. The van der Waals surface area contributed by atoms with Gasteiger partial charge in [0.05, 0.1) is 25.1 Å². The molecule has 5 N–H and O–H groups in total. The number of anilines is 1. The van der Waals surface area contributed by atoms with Crippen LogP contribution >= 0.6 is 0 Å². The quantitative estimate of drug-likeness (QED) is 0.530. The van der Waals surface area contributed by atoms with E-state index in [1.807, 2.05) is 0 Å². The van der Waals surface area contributed by atoms with Crippen LogP contribution < -0.4 is 11.3 Å². The van der Waals surface area contributed by atoms with Gasteiger partial charge in [-0.3, -0.25) is 9.78 Å². The Hall–Kier alpha value is -2.19. The number of rotatable bonds is 2. The minimum atomic E-state index is -0.672. The van der Waals surface area contributed by atoms with E-state index in [1.165, 1.54) is 6.33 Å². The van der Waals surface area contributed by atoms with E-state index < -0.39 is 11.7 Å². The summed E-state index contributed by atoms with van der Waals surface area (Å²) in [5.41, 5.74) is 6.37. The number of aliphatic hydroxyl groups is 2. The van der Waals surface area contributed by atoms with Crippen LogP contribution in [0.3, 0.4) is 0 Å². The fourth-order valence-electron chi connectivity index (χ4n) is 2.74. The number of nitrogen functional groups attached to an aromatic ring is 1. The number of nitrogens with two attached hydrogens (primary N) is 1. The molecule has 0 spiro atoms. The third kappa shape index (κ3) is 1.73. The highest BCUT2D eigenvalue weighted by atomic mass is 16.3. The van der Waals surface area contributed by atoms with E-state index in [2.05, 4.69) is 21.5 Å². The number of hydrogen-bond acceptors (Lipinski definition) is 6. The van der Waals surface area contributed by atoms with Gasteiger partial charge >= 0.3 is 0 Å². The summed E-state index contributed by atoms with van der Waals surface area (Å²) in [6.07, 6.45) is 1.20. The van der Waals surface area contributed by atoms with Crippen molar-refractivity contribution < 1.29 is 10.2 Å². The molecule has 2 heterocycles. The molecule has 2 aromatic rings. The minimum absolute atomic E-state index is 0.00659. The van der Waals surface area contributed by atoms with Crippen LogP contribution in [0, 0.1) is 5.92 Å². The van der Waals surface area contributed by atoms with E-state index in [-0.39, 0.29) is 30.0 Å². The molecule has 1 aliphatic carbocycles. The summed E-state index contributed by atoms with van der Waals surface area (Å²) in [6.45, 7) is 3.76. The highest BCUT2D eigenvalue weighted by molar-refractivity contribution is 5.70. The van der Waals surface area contributed by atoms with Gasteiger partial charge in [0.1, 0.15) is 0 Å². The van der Waals surface area contributed by atoms with Gasteiger partial charge in [-0.05, 0) is 12.0 Å². The van der Waals surface area contributed by atoms with Crippen molar-refractivity contribution in [2.75, 3.05) is 12.3 Å². The van der Waals surface area contributed by atoms with Crippen molar-refractivity contribution in [1.29, 1.82) is 0 Å².